The van der Waals surface area contributed by atoms with Crippen molar-refractivity contribution in [1.82, 2.24) is 5.32 Å². The highest BCUT2D eigenvalue weighted by atomic mass is 16.6. The van der Waals surface area contributed by atoms with Crippen LogP contribution in [-0.2, 0) is 6.54 Å². The largest absolute Gasteiger partial charge is 0.486 e. The fraction of sp³-hybridized carbons (Fsp3) is 0.533. The number of nitrogens with zero attached hydrogens (tertiary/aromatic N) is 1. The second-order valence-electron chi connectivity index (χ2n) is 5.09. The van der Waals surface area contributed by atoms with Gasteiger partial charge in [0.1, 0.15) is 13.2 Å². The summed E-state index contributed by atoms with van der Waals surface area (Å²) < 4.78 is 11.0. The standard InChI is InChI=1S/C15H20N2O2/c1-11(2)13(8-16)10-17-9-12-3-4-14-15(7-12)19-6-5-18-14/h3-4,7,11,13,17H,5-6,9-10H2,1-2H3. The lowest BCUT2D eigenvalue weighted by Gasteiger charge is -2.19. The summed E-state index contributed by atoms with van der Waals surface area (Å²) in [6.45, 7) is 6.81. The molecule has 0 bridgehead atoms. The highest BCUT2D eigenvalue weighted by Crippen LogP contribution is 2.30. The minimum atomic E-state index is 0.0530. The summed E-state index contributed by atoms with van der Waals surface area (Å²) in [7, 11) is 0. The molecule has 0 spiro atoms. The maximum Gasteiger partial charge on any atom is 0.161 e. The molecule has 4 nitrogen and oxygen atoms in total. The Morgan fingerprint density at radius 2 is 2.00 bits per heavy atom. The lowest BCUT2D eigenvalue weighted by molar-refractivity contribution is 0.171. The molecule has 1 heterocycles. The fourth-order valence-electron chi connectivity index (χ4n) is 2.00. The molecule has 1 atom stereocenters. The van der Waals surface area contributed by atoms with Crippen molar-refractivity contribution >= 4 is 0 Å². The molecule has 1 aromatic carbocycles. The SMILES string of the molecule is CC(C)C(C#N)CNCc1ccc2c(c1)OCCO2. The van der Waals surface area contributed by atoms with Gasteiger partial charge in [0.05, 0.1) is 12.0 Å². The van der Waals surface area contributed by atoms with Crippen LogP contribution in [0.1, 0.15) is 19.4 Å². The molecular weight excluding hydrogens is 240 g/mol. The van der Waals surface area contributed by atoms with E-state index in [0.29, 0.717) is 25.7 Å². The van der Waals surface area contributed by atoms with Gasteiger partial charge in [-0.2, -0.15) is 5.26 Å². The predicted molar refractivity (Wildman–Crippen MR) is 73.1 cm³/mol. The Bertz CT molecular complexity index is 466. The van der Waals surface area contributed by atoms with Crippen LogP contribution in [-0.4, -0.2) is 19.8 Å². The Kier molecular flexibility index (Phi) is 4.64. The third-order valence-corrected chi connectivity index (χ3v) is 3.27. The van der Waals surface area contributed by atoms with Gasteiger partial charge in [0, 0.05) is 13.1 Å². The molecule has 19 heavy (non-hydrogen) atoms. The summed E-state index contributed by atoms with van der Waals surface area (Å²) in [6.07, 6.45) is 0. The van der Waals surface area contributed by atoms with Crippen LogP contribution >= 0.6 is 0 Å². The van der Waals surface area contributed by atoms with Gasteiger partial charge in [-0.25, -0.2) is 0 Å². The van der Waals surface area contributed by atoms with Gasteiger partial charge in [0.25, 0.3) is 0 Å². The molecule has 0 aromatic heterocycles. The lowest BCUT2D eigenvalue weighted by Crippen LogP contribution is -2.25. The van der Waals surface area contributed by atoms with Crippen LogP contribution in [0.5, 0.6) is 11.5 Å². The van der Waals surface area contributed by atoms with Gasteiger partial charge in [-0.05, 0) is 23.6 Å². The molecule has 1 aromatic rings. The number of fused-ring (bicyclic) bond motifs is 1. The second kappa shape index (κ2) is 6.44. The van der Waals surface area contributed by atoms with Crippen molar-refractivity contribution in [3.8, 4) is 17.6 Å². The van der Waals surface area contributed by atoms with E-state index in [2.05, 4.69) is 25.2 Å². The number of hydrogen-bond acceptors (Lipinski definition) is 4. The molecule has 1 aliphatic heterocycles. The Hall–Kier alpha value is -1.73. The third-order valence-electron chi connectivity index (χ3n) is 3.27. The van der Waals surface area contributed by atoms with Gasteiger partial charge >= 0.3 is 0 Å². The Morgan fingerprint density at radius 3 is 2.68 bits per heavy atom. The maximum atomic E-state index is 9.03. The summed E-state index contributed by atoms with van der Waals surface area (Å²) in [5, 5.41) is 12.3. The van der Waals surface area contributed by atoms with Crippen molar-refractivity contribution in [1.29, 1.82) is 5.26 Å². The quantitative estimate of drug-likeness (QED) is 0.883. The first kappa shape index (κ1) is 13.7. The molecule has 4 heteroatoms. The molecule has 1 unspecified atom stereocenters. The van der Waals surface area contributed by atoms with E-state index in [-0.39, 0.29) is 5.92 Å². The minimum absolute atomic E-state index is 0.0530. The topological polar surface area (TPSA) is 54.3 Å². The maximum absolute atomic E-state index is 9.03. The van der Waals surface area contributed by atoms with Gasteiger partial charge < -0.3 is 14.8 Å². The molecule has 0 aliphatic carbocycles. The van der Waals surface area contributed by atoms with E-state index in [1.54, 1.807) is 0 Å². The summed E-state index contributed by atoms with van der Waals surface area (Å²) in [4.78, 5) is 0. The first-order valence-electron chi connectivity index (χ1n) is 6.69. The number of hydrogen-bond donors (Lipinski definition) is 1. The second-order valence-corrected chi connectivity index (χ2v) is 5.09. The zero-order chi connectivity index (χ0) is 13.7. The van der Waals surface area contributed by atoms with Crippen molar-refractivity contribution in [3.63, 3.8) is 0 Å². The van der Waals surface area contributed by atoms with Crippen LogP contribution in [0.4, 0.5) is 0 Å². The van der Waals surface area contributed by atoms with Crippen molar-refractivity contribution in [2.24, 2.45) is 11.8 Å². The van der Waals surface area contributed by atoms with Crippen LogP contribution in [0.3, 0.4) is 0 Å². The number of nitrogens with one attached hydrogen (secondary N) is 1. The van der Waals surface area contributed by atoms with E-state index in [1.807, 2.05) is 18.2 Å². The van der Waals surface area contributed by atoms with E-state index in [1.165, 1.54) is 0 Å². The number of benzene rings is 1. The van der Waals surface area contributed by atoms with E-state index < -0.39 is 0 Å². The van der Waals surface area contributed by atoms with Gasteiger partial charge in [0.15, 0.2) is 11.5 Å². The zero-order valence-electron chi connectivity index (χ0n) is 11.5. The van der Waals surface area contributed by atoms with Crippen molar-refractivity contribution in [3.05, 3.63) is 23.8 Å². The Morgan fingerprint density at radius 1 is 1.26 bits per heavy atom. The van der Waals surface area contributed by atoms with Gasteiger partial charge in [0.2, 0.25) is 0 Å². The normalized spacial score (nSPS) is 15.1. The number of nitriles is 1. The third kappa shape index (κ3) is 3.62. The first-order valence-corrected chi connectivity index (χ1v) is 6.69. The Balaban J connectivity index is 1.88. The molecule has 0 radical (unpaired) electrons. The predicted octanol–water partition coefficient (Wildman–Crippen LogP) is 2.34. The van der Waals surface area contributed by atoms with Crippen LogP contribution in [0, 0.1) is 23.2 Å². The van der Waals surface area contributed by atoms with Gasteiger partial charge in [-0.15, -0.1) is 0 Å². The molecule has 1 N–H and O–H groups in total. The minimum Gasteiger partial charge on any atom is -0.486 e. The van der Waals surface area contributed by atoms with Crippen molar-refractivity contribution in [2.45, 2.75) is 20.4 Å². The highest BCUT2D eigenvalue weighted by molar-refractivity contribution is 5.43. The number of rotatable bonds is 5. The van der Waals surface area contributed by atoms with Gasteiger partial charge in [-0.3, -0.25) is 0 Å². The van der Waals surface area contributed by atoms with E-state index >= 15 is 0 Å². The highest BCUT2D eigenvalue weighted by Gasteiger charge is 2.13. The first-order chi connectivity index (χ1) is 9.20. The van der Waals surface area contributed by atoms with E-state index in [9.17, 15) is 0 Å². The molecule has 2 rings (SSSR count). The molecule has 1 aliphatic rings. The molecule has 102 valence electrons. The van der Waals surface area contributed by atoms with Crippen LogP contribution in [0.15, 0.2) is 18.2 Å². The molecule has 0 saturated carbocycles. The summed E-state index contributed by atoms with van der Waals surface area (Å²) >= 11 is 0. The number of ether oxygens (including phenoxy) is 2. The molecular formula is C15H20N2O2. The monoisotopic (exact) mass is 260 g/mol. The average Bonchev–Trinajstić information content (AvgIpc) is 2.43. The van der Waals surface area contributed by atoms with Gasteiger partial charge in [-0.1, -0.05) is 19.9 Å². The molecule has 0 amide bonds. The molecule has 0 fully saturated rings. The van der Waals surface area contributed by atoms with Crippen molar-refractivity contribution in [2.75, 3.05) is 19.8 Å². The lowest BCUT2D eigenvalue weighted by atomic mass is 9.97. The van der Waals surface area contributed by atoms with Crippen LogP contribution in [0.2, 0.25) is 0 Å². The van der Waals surface area contributed by atoms with E-state index in [0.717, 1.165) is 23.6 Å². The summed E-state index contributed by atoms with van der Waals surface area (Å²) in [6, 6.07) is 8.29. The summed E-state index contributed by atoms with van der Waals surface area (Å²) in [5.41, 5.74) is 1.14. The van der Waals surface area contributed by atoms with Crippen LogP contribution < -0.4 is 14.8 Å². The van der Waals surface area contributed by atoms with Crippen LogP contribution in [0.25, 0.3) is 0 Å². The van der Waals surface area contributed by atoms with E-state index in [4.69, 9.17) is 14.7 Å². The fourth-order valence-corrected chi connectivity index (χ4v) is 2.00. The van der Waals surface area contributed by atoms with Crippen molar-refractivity contribution < 1.29 is 9.47 Å². The Labute approximate surface area is 114 Å². The zero-order valence-corrected chi connectivity index (χ0v) is 11.5. The smallest absolute Gasteiger partial charge is 0.161 e. The molecule has 0 saturated heterocycles. The summed E-state index contributed by atoms with van der Waals surface area (Å²) in [5.74, 6) is 2.05. The average molecular weight is 260 g/mol.